The summed E-state index contributed by atoms with van der Waals surface area (Å²) in [5.41, 5.74) is 0.0365. The van der Waals surface area contributed by atoms with E-state index in [0.29, 0.717) is 0 Å². The van der Waals surface area contributed by atoms with Gasteiger partial charge in [0.25, 0.3) is 0 Å². The number of rotatable bonds is 2. The fraction of sp³-hybridized carbons (Fsp3) is 1.00. The average molecular weight is 143 g/mol. The Morgan fingerprint density at radius 1 is 1.60 bits per heavy atom. The molecular weight excluding hydrogens is 126 g/mol. The van der Waals surface area contributed by atoms with Crippen LogP contribution in [0.5, 0.6) is 0 Å². The molecule has 2 heteroatoms. The summed E-state index contributed by atoms with van der Waals surface area (Å²) in [5.74, 6) is 0. The molecule has 1 aliphatic heterocycles. The molecule has 1 heterocycles. The highest BCUT2D eigenvalue weighted by Crippen LogP contribution is 2.27. The van der Waals surface area contributed by atoms with Gasteiger partial charge in [-0.05, 0) is 33.7 Å². The second-order valence-corrected chi connectivity index (χ2v) is 3.13. The van der Waals surface area contributed by atoms with E-state index in [2.05, 4.69) is 25.8 Å². The molecule has 0 spiro atoms. The highest BCUT2D eigenvalue weighted by molar-refractivity contribution is 4.80. The summed E-state index contributed by atoms with van der Waals surface area (Å²) >= 11 is 0. The highest BCUT2D eigenvalue weighted by Gasteiger charge is 2.33. The average Bonchev–Trinajstić information content (AvgIpc) is 2.15. The molecule has 2 nitrogen and oxygen atoms in total. The van der Waals surface area contributed by atoms with Gasteiger partial charge in [-0.2, -0.15) is 0 Å². The maximum absolute atomic E-state index is 5.63. The van der Waals surface area contributed by atoms with Crippen molar-refractivity contribution in [2.75, 3.05) is 20.2 Å². The predicted molar refractivity (Wildman–Crippen MR) is 41.9 cm³/mol. The number of likely N-dealkylation sites (tertiary alicyclic amines) is 1. The Bertz CT molecular complexity index is 116. The van der Waals surface area contributed by atoms with Gasteiger partial charge in [0, 0.05) is 13.2 Å². The summed E-state index contributed by atoms with van der Waals surface area (Å²) in [6.45, 7) is 6.22. The lowest BCUT2D eigenvalue weighted by Gasteiger charge is -2.31. The number of hydrogen-bond acceptors (Lipinski definition) is 2. The third-order valence-electron chi connectivity index (χ3n) is 2.40. The van der Waals surface area contributed by atoms with Gasteiger partial charge in [0.2, 0.25) is 0 Å². The van der Waals surface area contributed by atoms with E-state index in [1.54, 1.807) is 0 Å². The van der Waals surface area contributed by atoms with Gasteiger partial charge in [-0.3, -0.25) is 4.90 Å². The molecule has 0 aromatic rings. The van der Waals surface area contributed by atoms with Crippen LogP contribution in [-0.2, 0) is 4.74 Å². The van der Waals surface area contributed by atoms with Crippen molar-refractivity contribution in [1.29, 1.82) is 0 Å². The molecule has 0 aromatic carbocycles. The maximum atomic E-state index is 5.63. The van der Waals surface area contributed by atoms with E-state index in [1.807, 2.05) is 0 Å². The lowest BCUT2D eigenvalue weighted by atomic mass is 10.2. The molecule has 1 fully saturated rings. The number of nitrogens with zero attached hydrogens (tertiary/aromatic N) is 1. The minimum atomic E-state index is 0.0365. The molecule has 1 aliphatic rings. The van der Waals surface area contributed by atoms with Crippen molar-refractivity contribution in [1.82, 2.24) is 4.90 Å². The molecule has 1 atom stereocenters. The van der Waals surface area contributed by atoms with E-state index >= 15 is 0 Å². The Balaban J connectivity index is 2.48. The first kappa shape index (κ1) is 8.02. The molecule has 0 amide bonds. The molecule has 0 saturated carbocycles. The Labute approximate surface area is 63.2 Å². The van der Waals surface area contributed by atoms with Crippen LogP contribution in [0.4, 0.5) is 0 Å². The fourth-order valence-corrected chi connectivity index (χ4v) is 1.56. The summed E-state index contributed by atoms with van der Waals surface area (Å²) in [5, 5.41) is 0. The molecular formula is C8H17NO. The zero-order valence-electron chi connectivity index (χ0n) is 7.18. The van der Waals surface area contributed by atoms with Crippen molar-refractivity contribution in [2.24, 2.45) is 0 Å². The normalized spacial score (nSPS) is 35.1. The van der Waals surface area contributed by atoms with Gasteiger partial charge in [0.05, 0.1) is 0 Å². The van der Waals surface area contributed by atoms with Crippen molar-refractivity contribution in [2.45, 2.75) is 32.4 Å². The van der Waals surface area contributed by atoms with Crippen molar-refractivity contribution in [3.63, 3.8) is 0 Å². The van der Waals surface area contributed by atoms with Crippen LogP contribution in [0, 0.1) is 0 Å². The molecule has 60 valence electrons. The quantitative estimate of drug-likeness (QED) is 0.580. The van der Waals surface area contributed by atoms with Gasteiger partial charge < -0.3 is 4.74 Å². The van der Waals surface area contributed by atoms with Gasteiger partial charge in [-0.25, -0.2) is 0 Å². The van der Waals surface area contributed by atoms with Crippen LogP contribution in [0.3, 0.4) is 0 Å². The minimum Gasteiger partial charge on any atom is -0.361 e. The summed E-state index contributed by atoms with van der Waals surface area (Å²) in [6, 6.07) is 0. The first-order valence-corrected chi connectivity index (χ1v) is 4.04. The van der Waals surface area contributed by atoms with E-state index in [4.69, 9.17) is 4.74 Å². The number of hydrogen-bond donors (Lipinski definition) is 0. The predicted octanol–water partition coefficient (Wildman–Crippen LogP) is 1.46. The molecule has 1 saturated heterocycles. The van der Waals surface area contributed by atoms with E-state index in [-0.39, 0.29) is 5.72 Å². The first-order valence-electron chi connectivity index (χ1n) is 4.04. The van der Waals surface area contributed by atoms with Gasteiger partial charge in [0.1, 0.15) is 5.72 Å². The van der Waals surface area contributed by atoms with Crippen LogP contribution < -0.4 is 0 Å². The third kappa shape index (κ3) is 1.32. The summed E-state index contributed by atoms with van der Waals surface area (Å²) in [4.78, 5) is 2.29. The summed E-state index contributed by atoms with van der Waals surface area (Å²) in [7, 11) is 2.13. The lowest BCUT2D eigenvalue weighted by molar-refractivity contribution is -0.107. The summed E-state index contributed by atoms with van der Waals surface area (Å²) in [6.07, 6.45) is 2.45. The number of ether oxygens (including phenoxy) is 1. The van der Waals surface area contributed by atoms with Crippen LogP contribution in [0.15, 0.2) is 0 Å². The Hall–Kier alpha value is -0.0800. The second-order valence-electron chi connectivity index (χ2n) is 3.13. The van der Waals surface area contributed by atoms with Crippen LogP contribution in [-0.4, -0.2) is 30.8 Å². The molecule has 10 heavy (non-hydrogen) atoms. The third-order valence-corrected chi connectivity index (χ3v) is 2.40. The molecule has 1 rings (SSSR count). The Morgan fingerprint density at radius 3 is 2.70 bits per heavy atom. The summed E-state index contributed by atoms with van der Waals surface area (Å²) < 4.78 is 5.63. The van der Waals surface area contributed by atoms with Crippen LogP contribution in [0.2, 0.25) is 0 Å². The van der Waals surface area contributed by atoms with Crippen molar-refractivity contribution < 1.29 is 4.74 Å². The Morgan fingerprint density at radius 2 is 2.30 bits per heavy atom. The van der Waals surface area contributed by atoms with Crippen LogP contribution in [0.1, 0.15) is 26.7 Å². The second kappa shape index (κ2) is 2.89. The highest BCUT2D eigenvalue weighted by atomic mass is 16.5. The topological polar surface area (TPSA) is 12.5 Å². The zero-order valence-corrected chi connectivity index (χ0v) is 7.18. The van der Waals surface area contributed by atoms with Gasteiger partial charge in [0.15, 0.2) is 0 Å². The van der Waals surface area contributed by atoms with Crippen molar-refractivity contribution in [3.8, 4) is 0 Å². The van der Waals surface area contributed by atoms with Gasteiger partial charge in [-0.1, -0.05) is 0 Å². The van der Waals surface area contributed by atoms with Gasteiger partial charge >= 0.3 is 0 Å². The monoisotopic (exact) mass is 143 g/mol. The molecule has 1 unspecified atom stereocenters. The smallest absolute Gasteiger partial charge is 0.118 e. The molecule has 0 aliphatic carbocycles. The van der Waals surface area contributed by atoms with Crippen LogP contribution >= 0.6 is 0 Å². The largest absolute Gasteiger partial charge is 0.361 e. The van der Waals surface area contributed by atoms with Crippen LogP contribution in [0.25, 0.3) is 0 Å². The van der Waals surface area contributed by atoms with E-state index in [0.717, 1.165) is 6.61 Å². The first-order chi connectivity index (χ1) is 4.69. The fourth-order valence-electron chi connectivity index (χ4n) is 1.56. The van der Waals surface area contributed by atoms with E-state index in [9.17, 15) is 0 Å². The standard InChI is InChI=1S/C8H17NO/c1-4-10-8(2)6-5-7-9(8)3/h4-7H2,1-3H3. The van der Waals surface area contributed by atoms with Crippen molar-refractivity contribution in [3.05, 3.63) is 0 Å². The molecule has 0 radical (unpaired) electrons. The molecule has 0 aromatic heterocycles. The van der Waals surface area contributed by atoms with E-state index < -0.39 is 0 Å². The molecule has 0 bridgehead atoms. The molecule has 0 N–H and O–H groups in total. The Kier molecular flexibility index (Phi) is 2.32. The maximum Gasteiger partial charge on any atom is 0.118 e. The SMILES string of the molecule is CCOC1(C)CCCN1C. The van der Waals surface area contributed by atoms with Crippen molar-refractivity contribution >= 4 is 0 Å². The van der Waals surface area contributed by atoms with E-state index in [1.165, 1.54) is 19.4 Å². The lowest BCUT2D eigenvalue weighted by Crippen LogP contribution is -2.40. The minimum absolute atomic E-state index is 0.0365. The van der Waals surface area contributed by atoms with Gasteiger partial charge in [-0.15, -0.1) is 0 Å². The zero-order chi connectivity index (χ0) is 7.61.